The molecule has 4 aromatic rings. The molecule has 0 radical (unpaired) electrons. The smallest absolute Gasteiger partial charge is 0.169 e. The van der Waals surface area contributed by atoms with Crippen LogP contribution in [-0.4, -0.2) is 28.4 Å². The van der Waals surface area contributed by atoms with E-state index >= 15 is 0 Å². The van der Waals surface area contributed by atoms with Gasteiger partial charge in [-0.1, -0.05) is 0 Å². The number of aromatic nitrogens is 2. The monoisotopic (exact) mass is 506 g/mol. The Labute approximate surface area is 224 Å². The first kappa shape index (κ1) is 26.1. The molecule has 0 spiro atoms. The van der Waals surface area contributed by atoms with Gasteiger partial charge in [0.25, 0.3) is 0 Å². The zero-order chi connectivity index (χ0) is 27.1. The lowest BCUT2D eigenvalue weighted by Gasteiger charge is -2.12. The van der Waals surface area contributed by atoms with Gasteiger partial charge in [0, 0.05) is 47.5 Å². The summed E-state index contributed by atoms with van der Waals surface area (Å²) in [5.41, 5.74) is 5.25. The second-order valence-electron chi connectivity index (χ2n) is 8.51. The molecular weight excluding hydrogens is 476 g/mol. The number of hydrogen-bond acceptors (Lipinski definition) is 4. The standard InChI is InChI=1S/C32H30N2O4/c1-33-15-11-23(12-16-33)27-21-29(35-3)25(19-31(27)37-5)9-7-8-10-26-20-32(38-6)28(22-30(26)36-4)24-13-17-34(2)18-14-24/h11-22H,1-6H3/q+2. The third-order valence-electron chi connectivity index (χ3n) is 6.08. The maximum atomic E-state index is 5.66. The summed E-state index contributed by atoms with van der Waals surface area (Å²) in [4.78, 5) is 0. The van der Waals surface area contributed by atoms with E-state index in [0.29, 0.717) is 34.1 Å². The Morgan fingerprint density at radius 3 is 1.16 bits per heavy atom. The maximum absolute atomic E-state index is 5.66. The number of methoxy groups -OCH3 is 4. The lowest BCUT2D eigenvalue weighted by atomic mass is 10.0. The van der Waals surface area contributed by atoms with Crippen LogP contribution in [0.5, 0.6) is 23.0 Å². The Kier molecular flexibility index (Phi) is 8.16. The highest BCUT2D eigenvalue weighted by Crippen LogP contribution is 2.36. The summed E-state index contributed by atoms with van der Waals surface area (Å²) in [5.74, 6) is 14.8. The summed E-state index contributed by atoms with van der Waals surface area (Å²) < 4.78 is 26.5. The van der Waals surface area contributed by atoms with Crippen molar-refractivity contribution in [2.45, 2.75) is 0 Å². The van der Waals surface area contributed by atoms with Crippen molar-refractivity contribution in [3.05, 3.63) is 84.4 Å². The zero-order valence-corrected chi connectivity index (χ0v) is 22.5. The SMILES string of the molecule is COc1cc(-c2cc[n+](C)cc2)c(OC)cc1C#CC#Cc1cc(OC)c(-c2cc[n+](C)cc2)cc1OC. The maximum Gasteiger partial charge on any atom is 0.169 e. The van der Waals surface area contributed by atoms with Gasteiger partial charge in [0.15, 0.2) is 24.8 Å². The van der Waals surface area contributed by atoms with Crippen molar-refractivity contribution >= 4 is 0 Å². The molecule has 0 atom stereocenters. The Balaban J connectivity index is 1.68. The predicted molar refractivity (Wildman–Crippen MR) is 146 cm³/mol. The average Bonchev–Trinajstić information content (AvgIpc) is 2.95. The molecule has 6 nitrogen and oxygen atoms in total. The summed E-state index contributed by atoms with van der Waals surface area (Å²) in [6, 6.07) is 15.7. The molecule has 0 saturated carbocycles. The lowest BCUT2D eigenvalue weighted by molar-refractivity contribution is -0.671. The fourth-order valence-corrected chi connectivity index (χ4v) is 4.00. The van der Waals surface area contributed by atoms with Gasteiger partial charge in [0.1, 0.15) is 37.1 Å². The highest BCUT2D eigenvalue weighted by atomic mass is 16.5. The molecule has 2 heterocycles. The van der Waals surface area contributed by atoms with Gasteiger partial charge >= 0.3 is 0 Å². The molecule has 0 aliphatic carbocycles. The van der Waals surface area contributed by atoms with Crippen LogP contribution < -0.4 is 28.1 Å². The lowest BCUT2D eigenvalue weighted by Crippen LogP contribution is -2.25. The molecule has 4 rings (SSSR count). The quantitative estimate of drug-likeness (QED) is 0.292. The normalized spacial score (nSPS) is 9.95. The topological polar surface area (TPSA) is 44.7 Å². The number of benzene rings is 2. The van der Waals surface area contributed by atoms with Crippen molar-refractivity contribution < 1.29 is 28.1 Å². The first-order valence-electron chi connectivity index (χ1n) is 11.9. The number of rotatable bonds is 6. The molecule has 0 amide bonds. The van der Waals surface area contributed by atoms with Crippen LogP contribution >= 0.6 is 0 Å². The first-order chi connectivity index (χ1) is 18.5. The van der Waals surface area contributed by atoms with E-state index in [9.17, 15) is 0 Å². The van der Waals surface area contributed by atoms with Crippen LogP contribution in [0.3, 0.4) is 0 Å². The Bertz CT molecular complexity index is 1450. The van der Waals surface area contributed by atoms with E-state index in [4.69, 9.17) is 18.9 Å². The molecule has 0 unspecified atom stereocenters. The molecule has 0 aliphatic rings. The molecule has 0 saturated heterocycles. The number of aryl methyl sites for hydroxylation is 2. The largest absolute Gasteiger partial charge is 0.496 e. The van der Waals surface area contributed by atoms with Crippen molar-refractivity contribution in [1.29, 1.82) is 0 Å². The van der Waals surface area contributed by atoms with Crippen LogP contribution in [0.1, 0.15) is 11.1 Å². The molecular formula is C32H30N2O4+2. The van der Waals surface area contributed by atoms with Crippen LogP contribution in [0.4, 0.5) is 0 Å². The molecule has 2 aromatic carbocycles. The molecule has 0 fully saturated rings. The fourth-order valence-electron chi connectivity index (χ4n) is 4.00. The van der Waals surface area contributed by atoms with E-state index in [1.54, 1.807) is 28.4 Å². The van der Waals surface area contributed by atoms with Gasteiger partial charge in [-0.2, -0.15) is 0 Å². The Morgan fingerprint density at radius 1 is 0.500 bits per heavy atom. The van der Waals surface area contributed by atoms with E-state index in [1.807, 2.05) is 96.5 Å². The molecule has 0 bridgehead atoms. The molecule has 0 aliphatic heterocycles. The highest BCUT2D eigenvalue weighted by Gasteiger charge is 2.14. The predicted octanol–water partition coefficient (Wildman–Crippen LogP) is 4.11. The van der Waals surface area contributed by atoms with Crippen LogP contribution in [0.25, 0.3) is 22.3 Å². The van der Waals surface area contributed by atoms with Crippen LogP contribution in [0, 0.1) is 23.7 Å². The molecule has 38 heavy (non-hydrogen) atoms. The number of nitrogens with zero attached hydrogens (tertiary/aromatic N) is 2. The minimum absolute atomic E-state index is 0.642. The second kappa shape index (κ2) is 11.9. The molecule has 190 valence electrons. The van der Waals surface area contributed by atoms with Gasteiger partial charge in [-0.05, 0) is 46.9 Å². The van der Waals surface area contributed by atoms with Crippen molar-refractivity contribution in [2.75, 3.05) is 28.4 Å². The third kappa shape index (κ3) is 5.72. The molecule has 2 aromatic heterocycles. The first-order valence-corrected chi connectivity index (χ1v) is 11.9. The number of pyridine rings is 2. The van der Waals surface area contributed by atoms with Gasteiger partial charge < -0.3 is 18.9 Å². The van der Waals surface area contributed by atoms with Gasteiger partial charge in [-0.25, -0.2) is 9.13 Å². The van der Waals surface area contributed by atoms with E-state index in [2.05, 4.69) is 23.7 Å². The highest BCUT2D eigenvalue weighted by molar-refractivity contribution is 5.75. The summed E-state index contributed by atoms with van der Waals surface area (Å²) in [6.45, 7) is 0. The van der Waals surface area contributed by atoms with E-state index in [1.165, 1.54) is 0 Å². The Hall–Kier alpha value is -4.94. The number of hydrogen-bond donors (Lipinski definition) is 0. The summed E-state index contributed by atoms with van der Waals surface area (Å²) in [6.07, 6.45) is 7.95. The summed E-state index contributed by atoms with van der Waals surface area (Å²) >= 11 is 0. The van der Waals surface area contributed by atoms with Crippen LogP contribution in [0.15, 0.2) is 73.3 Å². The summed E-state index contributed by atoms with van der Waals surface area (Å²) in [5, 5.41) is 0. The van der Waals surface area contributed by atoms with Crippen LogP contribution in [0.2, 0.25) is 0 Å². The molecule has 6 heteroatoms. The van der Waals surface area contributed by atoms with Gasteiger partial charge in [-0.3, -0.25) is 0 Å². The van der Waals surface area contributed by atoms with Crippen molar-refractivity contribution in [3.8, 4) is 68.9 Å². The zero-order valence-electron chi connectivity index (χ0n) is 22.5. The summed E-state index contributed by atoms with van der Waals surface area (Å²) in [7, 11) is 10.5. The molecule has 0 N–H and O–H groups in total. The fraction of sp³-hybridized carbons (Fsp3) is 0.188. The number of ether oxygens (including phenoxy) is 4. The second-order valence-corrected chi connectivity index (χ2v) is 8.51. The van der Waals surface area contributed by atoms with E-state index < -0.39 is 0 Å². The van der Waals surface area contributed by atoms with Crippen molar-refractivity contribution in [3.63, 3.8) is 0 Å². The van der Waals surface area contributed by atoms with Gasteiger partial charge in [0.05, 0.1) is 39.6 Å². The average molecular weight is 507 g/mol. The van der Waals surface area contributed by atoms with Gasteiger partial charge in [0.2, 0.25) is 0 Å². The third-order valence-corrected chi connectivity index (χ3v) is 6.08. The van der Waals surface area contributed by atoms with E-state index in [-0.39, 0.29) is 0 Å². The van der Waals surface area contributed by atoms with Crippen LogP contribution in [-0.2, 0) is 14.1 Å². The minimum atomic E-state index is 0.642. The van der Waals surface area contributed by atoms with Crippen molar-refractivity contribution in [2.24, 2.45) is 14.1 Å². The van der Waals surface area contributed by atoms with Gasteiger partial charge in [-0.15, -0.1) is 0 Å². The van der Waals surface area contributed by atoms with E-state index in [0.717, 1.165) is 22.3 Å². The Morgan fingerprint density at radius 2 is 0.842 bits per heavy atom. The van der Waals surface area contributed by atoms with Crippen molar-refractivity contribution in [1.82, 2.24) is 0 Å². The minimum Gasteiger partial charge on any atom is -0.496 e.